The van der Waals surface area contributed by atoms with E-state index in [1.165, 1.54) is 10.9 Å². The van der Waals surface area contributed by atoms with E-state index in [4.69, 9.17) is 5.84 Å². The predicted molar refractivity (Wildman–Crippen MR) is 58.9 cm³/mol. The van der Waals surface area contributed by atoms with Crippen molar-refractivity contribution < 1.29 is 0 Å². The third-order valence-electron chi connectivity index (χ3n) is 2.41. The van der Waals surface area contributed by atoms with Gasteiger partial charge in [0.15, 0.2) is 0 Å². The van der Waals surface area contributed by atoms with Crippen LogP contribution in [0.4, 0.5) is 5.82 Å². The van der Waals surface area contributed by atoms with Gasteiger partial charge in [0, 0.05) is 11.6 Å². The fourth-order valence-corrected chi connectivity index (χ4v) is 1.70. The van der Waals surface area contributed by atoms with E-state index in [0.29, 0.717) is 0 Å². The number of aromatic nitrogens is 1. The van der Waals surface area contributed by atoms with Crippen molar-refractivity contribution in [3.05, 3.63) is 36.0 Å². The fourth-order valence-electron chi connectivity index (χ4n) is 1.70. The van der Waals surface area contributed by atoms with Crippen LogP contribution in [-0.4, -0.2) is 4.98 Å². The first-order valence-electron chi connectivity index (χ1n) is 4.70. The molecule has 1 aromatic carbocycles. The van der Waals surface area contributed by atoms with Crippen LogP contribution in [0.15, 0.2) is 30.5 Å². The SMILES string of the molecule is CCc1cccc2c(NN)nccc12. The molecule has 0 spiro atoms. The first kappa shape index (κ1) is 8.97. The Morgan fingerprint density at radius 2 is 2.14 bits per heavy atom. The Labute approximate surface area is 82.9 Å². The highest BCUT2D eigenvalue weighted by Gasteiger charge is 2.02. The zero-order valence-electron chi connectivity index (χ0n) is 8.12. The molecule has 1 heterocycles. The lowest BCUT2D eigenvalue weighted by atomic mass is 10.0. The molecule has 3 N–H and O–H groups in total. The summed E-state index contributed by atoms with van der Waals surface area (Å²) < 4.78 is 0. The molecule has 0 atom stereocenters. The summed E-state index contributed by atoms with van der Waals surface area (Å²) in [5, 5.41) is 2.30. The van der Waals surface area contributed by atoms with E-state index in [-0.39, 0.29) is 0 Å². The van der Waals surface area contributed by atoms with Gasteiger partial charge in [-0.2, -0.15) is 0 Å². The highest BCUT2D eigenvalue weighted by Crippen LogP contribution is 2.23. The van der Waals surface area contributed by atoms with Crippen LogP contribution >= 0.6 is 0 Å². The number of nitrogens with one attached hydrogen (secondary N) is 1. The summed E-state index contributed by atoms with van der Waals surface area (Å²) in [4.78, 5) is 4.16. The average Bonchev–Trinajstić information content (AvgIpc) is 2.27. The van der Waals surface area contributed by atoms with Crippen LogP contribution in [0.25, 0.3) is 10.8 Å². The zero-order chi connectivity index (χ0) is 9.97. The number of benzene rings is 1. The van der Waals surface area contributed by atoms with Crippen molar-refractivity contribution >= 4 is 16.6 Å². The van der Waals surface area contributed by atoms with Crippen molar-refractivity contribution in [3.8, 4) is 0 Å². The molecule has 0 saturated heterocycles. The molecule has 14 heavy (non-hydrogen) atoms. The number of aryl methyl sites for hydroxylation is 1. The Kier molecular flexibility index (Phi) is 2.33. The largest absolute Gasteiger partial charge is 0.308 e. The Balaban J connectivity index is 2.77. The van der Waals surface area contributed by atoms with E-state index in [1.807, 2.05) is 18.2 Å². The molecule has 2 aromatic rings. The van der Waals surface area contributed by atoms with Crippen LogP contribution in [0.3, 0.4) is 0 Å². The Morgan fingerprint density at radius 3 is 2.86 bits per heavy atom. The summed E-state index contributed by atoms with van der Waals surface area (Å²) in [6.07, 6.45) is 2.79. The Morgan fingerprint density at radius 1 is 1.29 bits per heavy atom. The standard InChI is InChI=1S/C11H13N3/c1-2-8-4-3-5-10-9(8)6-7-13-11(10)14-12/h3-7H,2,12H2,1H3,(H,13,14). The Bertz CT molecular complexity index is 408. The molecule has 3 nitrogen and oxygen atoms in total. The topological polar surface area (TPSA) is 50.9 Å². The average molecular weight is 187 g/mol. The molecular formula is C11H13N3. The van der Waals surface area contributed by atoms with Crippen molar-refractivity contribution in [1.82, 2.24) is 4.98 Å². The molecule has 0 fully saturated rings. The summed E-state index contributed by atoms with van der Waals surface area (Å²) in [7, 11) is 0. The lowest BCUT2D eigenvalue weighted by Crippen LogP contribution is -2.08. The minimum Gasteiger partial charge on any atom is -0.308 e. The second-order valence-electron chi connectivity index (χ2n) is 3.17. The first-order chi connectivity index (χ1) is 6.86. The van der Waals surface area contributed by atoms with Gasteiger partial charge in [-0.15, -0.1) is 0 Å². The highest BCUT2D eigenvalue weighted by atomic mass is 15.2. The quantitative estimate of drug-likeness (QED) is 0.559. The second-order valence-corrected chi connectivity index (χ2v) is 3.17. The molecule has 0 aliphatic heterocycles. The molecule has 0 aliphatic rings. The number of nitrogens with zero attached hydrogens (tertiary/aromatic N) is 1. The maximum atomic E-state index is 5.39. The third kappa shape index (κ3) is 1.32. The van der Waals surface area contributed by atoms with E-state index < -0.39 is 0 Å². The molecule has 0 unspecified atom stereocenters. The normalized spacial score (nSPS) is 10.4. The summed E-state index contributed by atoms with van der Waals surface area (Å²) in [6.45, 7) is 2.14. The van der Waals surface area contributed by atoms with E-state index >= 15 is 0 Å². The van der Waals surface area contributed by atoms with Gasteiger partial charge in [-0.1, -0.05) is 25.1 Å². The van der Waals surface area contributed by atoms with Crippen molar-refractivity contribution in [3.63, 3.8) is 0 Å². The third-order valence-corrected chi connectivity index (χ3v) is 2.41. The zero-order valence-corrected chi connectivity index (χ0v) is 8.12. The van der Waals surface area contributed by atoms with E-state index in [2.05, 4.69) is 23.4 Å². The van der Waals surface area contributed by atoms with Crippen molar-refractivity contribution in [2.45, 2.75) is 13.3 Å². The highest BCUT2D eigenvalue weighted by molar-refractivity contribution is 5.93. The second kappa shape index (κ2) is 3.64. The van der Waals surface area contributed by atoms with Gasteiger partial charge >= 0.3 is 0 Å². The minimum atomic E-state index is 0.734. The number of fused-ring (bicyclic) bond motifs is 1. The maximum absolute atomic E-state index is 5.39. The lowest BCUT2D eigenvalue weighted by molar-refractivity contribution is 1.16. The molecule has 0 amide bonds. The van der Waals surface area contributed by atoms with Crippen LogP contribution in [0.2, 0.25) is 0 Å². The van der Waals surface area contributed by atoms with Gasteiger partial charge in [0.25, 0.3) is 0 Å². The van der Waals surface area contributed by atoms with Crippen LogP contribution in [-0.2, 0) is 6.42 Å². The van der Waals surface area contributed by atoms with Gasteiger partial charge in [0.1, 0.15) is 5.82 Å². The number of rotatable bonds is 2. The van der Waals surface area contributed by atoms with Crippen LogP contribution < -0.4 is 11.3 Å². The molecule has 3 heteroatoms. The Hall–Kier alpha value is -1.61. The summed E-state index contributed by atoms with van der Waals surface area (Å²) >= 11 is 0. The monoisotopic (exact) mass is 187 g/mol. The van der Waals surface area contributed by atoms with Gasteiger partial charge in [0.05, 0.1) is 0 Å². The van der Waals surface area contributed by atoms with E-state index in [0.717, 1.165) is 17.6 Å². The molecule has 1 aromatic heterocycles. The van der Waals surface area contributed by atoms with Crippen LogP contribution in [0, 0.1) is 0 Å². The molecule has 0 saturated carbocycles. The van der Waals surface area contributed by atoms with Crippen LogP contribution in [0.1, 0.15) is 12.5 Å². The van der Waals surface area contributed by atoms with Crippen molar-refractivity contribution in [1.29, 1.82) is 0 Å². The minimum absolute atomic E-state index is 0.734. The van der Waals surface area contributed by atoms with Gasteiger partial charge in [-0.3, -0.25) is 0 Å². The molecule has 0 radical (unpaired) electrons. The molecule has 2 rings (SSSR count). The molecule has 0 bridgehead atoms. The molecular weight excluding hydrogens is 174 g/mol. The smallest absolute Gasteiger partial charge is 0.147 e. The predicted octanol–water partition coefficient (Wildman–Crippen LogP) is 2.08. The fraction of sp³-hybridized carbons (Fsp3) is 0.182. The maximum Gasteiger partial charge on any atom is 0.147 e. The van der Waals surface area contributed by atoms with Gasteiger partial charge in [0.2, 0.25) is 0 Å². The lowest BCUT2D eigenvalue weighted by Gasteiger charge is -2.07. The van der Waals surface area contributed by atoms with Gasteiger partial charge in [-0.05, 0) is 23.4 Å². The van der Waals surface area contributed by atoms with E-state index in [9.17, 15) is 0 Å². The van der Waals surface area contributed by atoms with Gasteiger partial charge < -0.3 is 5.43 Å². The summed E-state index contributed by atoms with van der Waals surface area (Å²) in [5.41, 5.74) is 3.93. The summed E-state index contributed by atoms with van der Waals surface area (Å²) in [5.74, 6) is 6.13. The number of hydrogen-bond acceptors (Lipinski definition) is 3. The van der Waals surface area contributed by atoms with Gasteiger partial charge in [-0.25, -0.2) is 10.8 Å². The molecule has 0 aliphatic carbocycles. The number of hydrazine groups is 1. The summed E-state index contributed by atoms with van der Waals surface area (Å²) in [6, 6.07) is 8.21. The molecule has 72 valence electrons. The number of pyridine rings is 1. The number of anilines is 1. The number of hydrogen-bond donors (Lipinski definition) is 2. The number of nitrogens with two attached hydrogens (primary N) is 1. The van der Waals surface area contributed by atoms with Crippen molar-refractivity contribution in [2.24, 2.45) is 5.84 Å². The number of nitrogen functional groups attached to an aromatic ring is 1. The first-order valence-corrected chi connectivity index (χ1v) is 4.70. The van der Waals surface area contributed by atoms with Crippen LogP contribution in [0.5, 0.6) is 0 Å². The van der Waals surface area contributed by atoms with E-state index in [1.54, 1.807) is 6.20 Å². The van der Waals surface area contributed by atoms with Crippen molar-refractivity contribution in [2.75, 3.05) is 5.43 Å².